The van der Waals surface area contributed by atoms with Gasteiger partial charge in [0, 0.05) is 29.3 Å². The average Bonchev–Trinajstić information content (AvgIpc) is 3.31. The van der Waals surface area contributed by atoms with Crippen LogP contribution in [0.25, 0.3) is 0 Å². The van der Waals surface area contributed by atoms with E-state index in [1.807, 2.05) is 23.1 Å². The van der Waals surface area contributed by atoms with Crippen molar-refractivity contribution < 1.29 is 14.4 Å². The Morgan fingerprint density at radius 3 is 2.53 bits per heavy atom. The van der Waals surface area contributed by atoms with Gasteiger partial charge in [-0.3, -0.25) is 14.5 Å². The Kier molecular flexibility index (Phi) is 6.94. The third kappa shape index (κ3) is 5.04. The number of urea groups is 1. The Morgan fingerprint density at radius 2 is 1.84 bits per heavy atom. The van der Waals surface area contributed by atoms with E-state index in [0.717, 1.165) is 30.6 Å². The first kappa shape index (κ1) is 22.5. The summed E-state index contributed by atoms with van der Waals surface area (Å²) in [5.41, 5.74) is 0.445. The van der Waals surface area contributed by atoms with Crippen molar-refractivity contribution in [2.75, 3.05) is 13.1 Å². The number of thiophene rings is 1. The molecule has 0 radical (unpaired) electrons. The zero-order valence-corrected chi connectivity index (χ0v) is 19.5. The van der Waals surface area contributed by atoms with E-state index in [1.165, 1.54) is 15.3 Å². The summed E-state index contributed by atoms with van der Waals surface area (Å²) in [5, 5.41) is 2.93. The number of nitrogens with zero attached hydrogens (tertiary/aromatic N) is 2. The Labute approximate surface area is 193 Å². The van der Waals surface area contributed by atoms with Crippen molar-refractivity contribution in [2.45, 2.75) is 64.0 Å². The number of aryl methyl sites for hydroxylation is 1. The van der Waals surface area contributed by atoms with E-state index >= 15 is 0 Å². The molecule has 4 rings (SSSR count). The SMILES string of the molecule is Cc1ccc(CN(CCc2ccccc2)C(=O)CCN2C(=O)NC3(CCCCC3)C2=O)s1. The van der Waals surface area contributed by atoms with E-state index in [1.54, 1.807) is 11.3 Å². The van der Waals surface area contributed by atoms with Crippen molar-refractivity contribution >= 4 is 29.2 Å². The van der Waals surface area contributed by atoms with Gasteiger partial charge in [0.25, 0.3) is 5.91 Å². The molecular formula is C25H31N3O3S. The fourth-order valence-corrected chi connectivity index (χ4v) is 5.60. The van der Waals surface area contributed by atoms with Crippen LogP contribution in [0, 0.1) is 6.92 Å². The molecular weight excluding hydrogens is 422 g/mol. The third-order valence-electron chi connectivity index (χ3n) is 6.51. The molecule has 1 N–H and O–H groups in total. The number of imide groups is 1. The Balaban J connectivity index is 1.40. The van der Waals surface area contributed by atoms with Crippen LogP contribution in [0.5, 0.6) is 0 Å². The minimum Gasteiger partial charge on any atom is -0.337 e. The zero-order chi connectivity index (χ0) is 22.6. The van der Waals surface area contributed by atoms with Gasteiger partial charge < -0.3 is 10.2 Å². The second-order valence-corrected chi connectivity index (χ2v) is 10.2. The van der Waals surface area contributed by atoms with Crippen LogP contribution < -0.4 is 5.32 Å². The average molecular weight is 454 g/mol. The van der Waals surface area contributed by atoms with Crippen molar-refractivity contribution in [1.29, 1.82) is 0 Å². The second-order valence-electron chi connectivity index (χ2n) is 8.84. The van der Waals surface area contributed by atoms with E-state index in [-0.39, 0.29) is 30.8 Å². The molecule has 1 aromatic carbocycles. The Bertz CT molecular complexity index is 966. The molecule has 7 heteroatoms. The topological polar surface area (TPSA) is 69.7 Å². The van der Waals surface area contributed by atoms with Crippen molar-refractivity contribution in [2.24, 2.45) is 0 Å². The van der Waals surface area contributed by atoms with Gasteiger partial charge >= 0.3 is 6.03 Å². The monoisotopic (exact) mass is 453 g/mol. The summed E-state index contributed by atoms with van der Waals surface area (Å²) in [6, 6.07) is 13.9. The predicted octanol–water partition coefficient (Wildman–Crippen LogP) is 4.27. The van der Waals surface area contributed by atoms with Crippen molar-refractivity contribution in [1.82, 2.24) is 15.1 Å². The lowest BCUT2D eigenvalue weighted by Crippen LogP contribution is -2.48. The minimum atomic E-state index is -0.736. The van der Waals surface area contributed by atoms with Gasteiger partial charge in [-0.1, -0.05) is 49.6 Å². The highest BCUT2D eigenvalue weighted by Crippen LogP contribution is 2.33. The number of amides is 4. The first-order chi connectivity index (χ1) is 15.5. The zero-order valence-electron chi connectivity index (χ0n) is 18.6. The maximum absolute atomic E-state index is 13.2. The van der Waals surface area contributed by atoms with E-state index in [4.69, 9.17) is 0 Å². The fraction of sp³-hybridized carbons (Fsp3) is 0.480. The van der Waals surface area contributed by atoms with E-state index < -0.39 is 5.54 Å². The molecule has 1 aromatic heterocycles. The van der Waals surface area contributed by atoms with Crippen molar-refractivity contribution in [3.63, 3.8) is 0 Å². The molecule has 1 saturated heterocycles. The first-order valence-corrected chi connectivity index (χ1v) is 12.3. The molecule has 32 heavy (non-hydrogen) atoms. The molecule has 2 fully saturated rings. The maximum Gasteiger partial charge on any atom is 0.325 e. The predicted molar refractivity (Wildman–Crippen MR) is 125 cm³/mol. The smallest absolute Gasteiger partial charge is 0.325 e. The van der Waals surface area contributed by atoms with Crippen LogP contribution in [0.15, 0.2) is 42.5 Å². The molecule has 170 valence electrons. The molecule has 2 heterocycles. The largest absolute Gasteiger partial charge is 0.337 e. The summed E-state index contributed by atoms with van der Waals surface area (Å²) < 4.78 is 0. The number of carbonyl (C=O) groups excluding carboxylic acids is 3. The van der Waals surface area contributed by atoms with Crippen LogP contribution in [0.1, 0.15) is 53.8 Å². The molecule has 1 saturated carbocycles. The molecule has 0 bridgehead atoms. The van der Waals surface area contributed by atoms with Gasteiger partial charge in [-0.05, 0) is 43.9 Å². The maximum atomic E-state index is 13.2. The lowest BCUT2D eigenvalue weighted by atomic mass is 9.82. The Hall–Kier alpha value is -2.67. The quantitative estimate of drug-likeness (QED) is 0.607. The normalized spacial score (nSPS) is 17.6. The summed E-state index contributed by atoms with van der Waals surface area (Å²) in [5.74, 6) is -0.183. The van der Waals surface area contributed by atoms with Crippen LogP contribution >= 0.6 is 11.3 Å². The number of hydrogen-bond acceptors (Lipinski definition) is 4. The first-order valence-electron chi connectivity index (χ1n) is 11.5. The lowest BCUT2D eigenvalue weighted by molar-refractivity contribution is -0.134. The fourth-order valence-electron chi connectivity index (χ4n) is 4.70. The molecule has 2 aromatic rings. The highest BCUT2D eigenvalue weighted by molar-refractivity contribution is 7.11. The van der Waals surface area contributed by atoms with Gasteiger partial charge in [0.2, 0.25) is 5.91 Å². The van der Waals surface area contributed by atoms with E-state index in [0.29, 0.717) is 25.9 Å². The molecule has 0 unspecified atom stereocenters. The molecule has 1 aliphatic heterocycles. The van der Waals surface area contributed by atoms with Crippen LogP contribution in [-0.4, -0.2) is 46.3 Å². The summed E-state index contributed by atoms with van der Waals surface area (Å²) in [6.45, 7) is 3.34. The lowest BCUT2D eigenvalue weighted by Gasteiger charge is -2.30. The van der Waals surface area contributed by atoms with Crippen molar-refractivity contribution in [3.8, 4) is 0 Å². The molecule has 4 amide bonds. The molecule has 1 aliphatic carbocycles. The van der Waals surface area contributed by atoms with Crippen LogP contribution in [0.3, 0.4) is 0 Å². The van der Waals surface area contributed by atoms with Gasteiger partial charge in [-0.2, -0.15) is 0 Å². The summed E-state index contributed by atoms with van der Waals surface area (Å²) in [7, 11) is 0. The number of carbonyl (C=O) groups is 3. The number of rotatable bonds is 8. The number of benzene rings is 1. The highest BCUT2D eigenvalue weighted by atomic mass is 32.1. The number of hydrogen-bond donors (Lipinski definition) is 1. The molecule has 0 atom stereocenters. The van der Waals surface area contributed by atoms with Crippen LogP contribution in [-0.2, 0) is 22.6 Å². The van der Waals surface area contributed by atoms with Gasteiger partial charge in [0.05, 0.1) is 6.54 Å². The standard InChI is InChI=1S/C25H31N3O3S/c1-19-10-11-21(32-19)18-27(16-12-20-8-4-2-5-9-20)22(29)13-17-28-23(30)25(26-24(28)31)14-6-3-7-15-25/h2,4-5,8-11H,3,6-7,12-18H2,1H3,(H,26,31). The molecule has 1 spiro atoms. The Morgan fingerprint density at radius 1 is 1.09 bits per heavy atom. The summed E-state index contributed by atoms with van der Waals surface area (Å²) in [6.07, 6.45) is 5.31. The molecule has 6 nitrogen and oxygen atoms in total. The molecule has 2 aliphatic rings. The van der Waals surface area contributed by atoms with E-state index in [2.05, 4.69) is 36.5 Å². The van der Waals surface area contributed by atoms with Gasteiger partial charge in [-0.25, -0.2) is 4.79 Å². The van der Waals surface area contributed by atoms with Gasteiger partial charge in [-0.15, -0.1) is 11.3 Å². The minimum absolute atomic E-state index is 0.0304. The second kappa shape index (κ2) is 9.86. The third-order valence-corrected chi connectivity index (χ3v) is 7.50. The number of nitrogens with one attached hydrogen (secondary N) is 1. The van der Waals surface area contributed by atoms with E-state index in [9.17, 15) is 14.4 Å². The van der Waals surface area contributed by atoms with Crippen molar-refractivity contribution in [3.05, 3.63) is 57.8 Å². The van der Waals surface area contributed by atoms with Gasteiger partial charge in [0.1, 0.15) is 5.54 Å². The van der Waals surface area contributed by atoms with Crippen LogP contribution in [0.4, 0.5) is 4.79 Å². The summed E-state index contributed by atoms with van der Waals surface area (Å²) in [4.78, 5) is 44.2. The van der Waals surface area contributed by atoms with Gasteiger partial charge in [0.15, 0.2) is 0 Å². The highest BCUT2D eigenvalue weighted by Gasteiger charge is 2.51. The summed E-state index contributed by atoms with van der Waals surface area (Å²) >= 11 is 1.69. The van der Waals surface area contributed by atoms with Crippen LogP contribution in [0.2, 0.25) is 0 Å².